The van der Waals surface area contributed by atoms with Gasteiger partial charge in [0.1, 0.15) is 7.85 Å². The first-order chi connectivity index (χ1) is 4.62. The summed E-state index contributed by atoms with van der Waals surface area (Å²) in [5, 5.41) is 0. The molecule has 0 bridgehead atoms. The van der Waals surface area contributed by atoms with E-state index in [1.165, 1.54) is 25.7 Å². The van der Waals surface area contributed by atoms with Gasteiger partial charge in [-0.15, -0.1) is 0 Å². The molecule has 0 spiro atoms. The highest BCUT2D eigenvalue weighted by molar-refractivity contribution is 6.10. The summed E-state index contributed by atoms with van der Waals surface area (Å²) in [5.41, 5.74) is 0.0914. The first kappa shape index (κ1) is 8.12. The van der Waals surface area contributed by atoms with Gasteiger partial charge in [-0.3, -0.25) is 0 Å². The number of hydrogen-bond donors (Lipinski definition) is 0. The van der Waals surface area contributed by atoms with E-state index in [2.05, 4.69) is 6.92 Å². The lowest BCUT2D eigenvalue weighted by atomic mass is 9.99. The fraction of sp³-hybridized carbons (Fsp3) is 1.00. The summed E-state index contributed by atoms with van der Waals surface area (Å²) in [4.78, 5) is 0. The average Bonchev–Trinajstić information content (AvgIpc) is 2.12. The van der Waals surface area contributed by atoms with Crippen molar-refractivity contribution in [3.05, 3.63) is 0 Å². The molecule has 0 saturated heterocycles. The lowest BCUT2D eigenvalue weighted by molar-refractivity contribution is -0.0378. The third kappa shape index (κ3) is 2.01. The number of rotatable bonds is 2. The molecule has 2 radical (unpaired) electrons. The topological polar surface area (TPSA) is 9.23 Å². The van der Waals surface area contributed by atoms with E-state index < -0.39 is 0 Å². The maximum absolute atomic E-state index is 5.58. The molecule has 56 valence electrons. The van der Waals surface area contributed by atoms with Crippen LogP contribution in [0.2, 0.25) is 0 Å². The lowest BCUT2D eigenvalue weighted by Crippen LogP contribution is -2.29. The van der Waals surface area contributed by atoms with Gasteiger partial charge in [-0.25, -0.2) is 0 Å². The van der Waals surface area contributed by atoms with Crippen molar-refractivity contribution in [3.63, 3.8) is 0 Å². The van der Waals surface area contributed by atoms with Crippen LogP contribution in [0, 0.1) is 0 Å². The Kier molecular flexibility index (Phi) is 2.40. The van der Waals surface area contributed by atoms with Gasteiger partial charge < -0.3 is 4.74 Å². The third-order valence-electron chi connectivity index (χ3n) is 2.13. The molecular formula is C8H15BO. The molecule has 1 fully saturated rings. The van der Waals surface area contributed by atoms with Crippen molar-refractivity contribution >= 4 is 7.85 Å². The second-order valence-corrected chi connectivity index (χ2v) is 3.48. The van der Waals surface area contributed by atoms with E-state index in [-0.39, 0.29) is 11.6 Å². The van der Waals surface area contributed by atoms with Crippen molar-refractivity contribution in [2.75, 3.05) is 0 Å². The first-order valence-corrected chi connectivity index (χ1v) is 4.06. The molecule has 0 aliphatic heterocycles. The highest BCUT2D eigenvalue weighted by Gasteiger charge is 2.29. The molecule has 1 saturated carbocycles. The average molecular weight is 138 g/mol. The second kappa shape index (κ2) is 2.95. The van der Waals surface area contributed by atoms with Gasteiger partial charge in [0, 0.05) is 6.00 Å². The zero-order valence-electron chi connectivity index (χ0n) is 6.89. The Labute approximate surface area is 64.6 Å². The molecule has 1 aliphatic rings. The molecule has 1 aliphatic carbocycles. The quantitative estimate of drug-likeness (QED) is 0.529. The fourth-order valence-corrected chi connectivity index (χ4v) is 1.69. The lowest BCUT2D eigenvalue weighted by Gasteiger charge is -2.27. The van der Waals surface area contributed by atoms with Crippen molar-refractivity contribution in [1.29, 1.82) is 0 Å². The van der Waals surface area contributed by atoms with Crippen molar-refractivity contribution in [2.45, 2.75) is 51.1 Å². The van der Waals surface area contributed by atoms with Crippen molar-refractivity contribution in [3.8, 4) is 0 Å². The van der Waals surface area contributed by atoms with Crippen LogP contribution in [0.1, 0.15) is 39.5 Å². The maximum Gasteiger partial charge on any atom is 0.108 e. The SMILES string of the molecule is [B]C(C)OC1(C)CCCC1. The maximum atomic E-state index is 5.58. The normalized spacial score (nSPS) is 26.6. The Bertz CT molecular complexity index is 106. The minimum Gasteiger partial charge on any atom is -0.382 e. The Balaban J connectivity index is 2.36. The smallest absolute Gasteiger partial charge is 0.108 e. The molecular weight excluding hydrogens is 123 g/mol. The van der Waals surface area contributed by atoms with Crippen LogP contribution in [0.4, 0.5) is 0 Å². The van der Waals surface area contributed by atoms with E-state index in [0.29, 0.717) is 0 Å². The predicted molar refractivity (Wildman–Crippen MR) is 43.2 cm³/mol. The zero-order valence-corrected chi connectivity index (χ0v) is 6.89. The van der Waals surface area contributed by atoms with E-state index in [4.69, 9.17) is 12.6 Å². The Hall–Kier alpha value is 0.0249. The van der Waals surface area contributed by atoms with E-state index >= 15 is 0 Å². The molecule has 1 nitrogen and oxygen atoms in total. The number of hydrogen-bond acceptors (Lipinski definition) is 1. The molecule has 0 aromatic carbocycles. The molecule has 0 aromatic heterocycles. The van der Waals surface area contributed by atoms with Crippen LogP contribution in [-0.4, -0.2) is 19.5 Å². The highest BCUT2D eigenvalue weighted by atomic mass is 16.5. The van der Waals surface area contributed by atoms with Crippen LogP contribution in [-0.2, 0) is 4.74 Å². The molecule has 0 heterocycles. The van der Waals surface area contributed by atoms with Crippen LogP contribution >= 0.6 is 0 Å². The van der Waals surface area contributed by atoms with Gasteiger partial charge in [0.05, 0.1) is 5.60 Å². The van der Waals surface area contributed by atoms with E-state index in [1.807, 2.05) is 6.92 Å². The van der Waals surface area contributed by atoms with E-state index in [9.17, 15) is 0 Å². The van der Waals surface area contributed by atoms with Gasteiger partial charge in [-0.1, -0.05) is 12.8 Å². The molecule has 0 aromatic rings. The fourth-order valence-electron chi connectivity index (χ4n) is 1.69. The van der Waals surface area contributed by atoms with E-state index in [0.717, 1.165) is 0 Å². The van der Waals surface area contributed by atoms with Gasteiger partial charge in [-0.05, 0) is 26.7 Å². The van der Waals surface area contributed by atoms with Crippen molar-refractivity contribution in [1.82, 2.24) is 0 Å². The van der Waals surface area contributed by atoms with Crippen molar-refractivity contribution in [2.24, 2.45) is 0 Å². The largest absolute Gasteiger partial charge is 0.382 e. The molecule has 0 N–H and O–H groups in total. The molecule has 1 rings (SSSR count). The van der Waals surface area contributed by atoms with Gasteiger partial charge in [-0.2, -0.15) is 0 Å². The summed E-state index contributed by atoms with van der Waals surface area (Å²) in [7, 11) is 5.54. The molecule has 10 heavy (non-hydrogen) atoms. The summed E-state index contributed by atoms with van der Waals surface area (Å²) in [6.45, 7) is 4.05. The Morgan fingerprint density at radius 2 is 1.90 bits per heavy atom. The monoisotopic (exact) mass is 138 g/mol. The van der Waals surface area contributed by atoms with Crippen LogP contribution in [0.3, 0.4) is 0 Å². The molecule has 1 unspecified atom stereocenters. The van der Waals surface area contributed by atoms with Gasteiger partial charge >= 0.3 is 0 Å². The minimum atomic E-state index is -0.108. The van der Waals surface area contributed by atoms with Crippen LogP contribution in [0.25, 0.3) is 0 Å². The molecule has 1 atom stereocenters. The summed E-state index contributed by atoms with van der Waals surface area (Å²) < 4.78 is 5.58. The Morgan fingerprint density at radius 1 is 1.40 bits per heavy atom. The predicted octanol–water partition coefficient (Wildman–Crippen LogP) is 1.85. The summed E-state index contributed by atoms with van der Waals surface area (Å²) in [6, 6.07) is -0.108. The third-order valence-corrected chi connectivity index (χ3v) is 2.13. The molecule has 0 amide bonds. The summed E-state index contributed by atoms with van der Waals surface area (Å²) in [5.74, 6) is 0. The van der Waals surface area contributed by atoms with Gasteiger partial charge in [0.15, 0.2) is 0 Å². The van der Waals surface area contributed by atoms with Gasteiger partial charge in [0.25, 0.3) is 0 Å². The van der Waals surface area contributed by atoms with Crippen LogP contribution in [0.5, 0.6) is 0 Å². The van der Waals surface area contributed by atoms with Crippen LogP contribution in [0.15, 0.2) is 0 Å². The highest BCUT2D eigenvalue weighted by Crippen LogP contribution is 2.32. The van der Waals surface area contributed by atoms with Crippen LogP contribution < -0.4 is 0 Å². The zero-order chi connectivity index (χ0) is 7.61. The van der Waals surface area contributed by atoms with E-state index in [1.54, 1.807) is 0 Å². The summed E-state index contributed by atoms with van der Waals surface area (Å²) in [6.07, 6.45) is 4.94. The molecule has 2 heteroatoms. The summed E-state index contributed by atoms with van der Waals surface area (Å²) >= 11 is 0. The number of ether oxygens (including phenoxy) is 1. The standard InChI is InChI=1S/C8H15BO/c1-7(9)10-8(2)5-3-4-6-8/h7H,3-6H2,1-2H3. The van der Waals surface area contributed by atoms with Crippen molar-refractivity contribution < 1.29 is 4.74 Å². The van der Waals surface area contributed by atoms with Gasteiger partial charge in [0.2, 0.25) is 0 Å². The first-order valence-electron chi connectivity index (χ1n) is 4.06. The second-order valence-electron chi connectivity index (χ2n) is 3.48. The minimum absolute atomic E-state index is 0.0914. The Morgan fingerprint density at radius 3 is 2.30 bits per heavy atom.